The van der Waals surface area contributed by atoms with Crippen molar-refractivity contribution >= 4 is 0 Å². The minimum atomic E-state index is -0.243. The first kappa shape index (κ1) is 14.3. The SMILES string of the molecule is OC(NC1CCCCCCC1)C1CCCCCC1. The fraction of sp³-hybridized carbons (Fsp3) is 1.00. The molecule has 0 spiro atoms. The van der Waals surface area contributed by atoms with E-state index < -0.39 is 0 Å². The molecule has 0 aliphatic heterocycles. The molecule has 106 valence electrons. The van der Waals surface area contributed by atoms with Crippen molar-refractivity contribution in [1.82, 2.24) is 5.32 Å². The van der Waals surface area contributed by atoms with Crippen molar-refractivity contribution in [2.75, 3.05) is 0 Å². The van der Waals surface area contributed by atoms with Crippen molar-refractivity contribution in [1.29, 1.82) is 0 Å². The molecule has 1 unspecified atom stereocenters. The highest BCUT2D eigenvalue weighted by molar-refractivity contribution is 4.76. The van der Waals surface area contributed by atoms with E-state index in [1.807, 2.05) is 0 Å². The molecule has 0 aromatic rings. The Kier molecular flexibility index (Phi) is 6.50. The van der Waals surface area contributed by atoms with E-state index in [4.69, 9.17) is 0 Å². The first-order chi connectivity index (χ1) is 8.86. The first-order valence-electron chi connectivity index (χ1n) is 8.30. The van der Waals surface area contributed by atoms with Crippen LogP contribution < -0.4 is 5.32 Å². The minimum Gasteiger partial charge on any atom is -0.378 e. The van der Waals surface area contributed by atoms with Crippen LogP contribution in [-0.2, 0) is 0 Å². The van der Waals surface area contributed by atoms with Crippen LogP contribution in [0.4, 0.5) is 0 Å². The summed E-state index contributed by atoms with van der Waals surface area (Å²) >= 11 is 0. The molecule has 0 aromatic carbocycles. The summed E-state index contributed by atoms with van der Waals surface area (Å²) in [5, 5.41) is 13.9. The van der Waals surface area contributed by atoms with Gasteiger partial charge in [0.2, 0.25) is 0 Å². The van der Waals surface area contributed by atoms with E-state index in [1.165, 1.54) is 83.5 Å². The fourth-order valence-corrected chi connectivity index (χ4v) is 3.63. The first-order valence-corrected chi connectivity index (χ1v) is 8.30. The Morgan fingerprint density at radius 2 is 1.11 bits per heavy atom. The third-order valence-electron chi connectivity index (χ3n) is 4.86. The molecule has 2 fully saturated rings. The molecule has 2 saturated carbocycles. The van der Waals surface area contributed by atoms with Crippen molar-refractivity contribution in [2.45, 2.75) is 95.7 Å². The molecular weight excluding hydrogens is 222 g/mol. The maximum absolute atomic E-state index is 10.4. The number of aliphatic hydroxyl groups excluding tert-OH is 1. The number of nitrogens with one attached hydrogen (secondary N) is 1. The van der Waals surface area contributed by atoms with Gasteiger partial charge in [-0.05, 0) is 31.6 Å². The number of hydrogen-bond donors (Lipinski definition) is 2. The Labute approximate surface area is 113 Å². The Balaban J connectivity index is 1.75. The van der Waals surface area contributed by atoms with Gasteiger partial charge in [-0.2, -0.15) is 0 Å². The lowest BCUT2D eigenvalue weighted by Crippen LogP contribution is -2.43. The Morgan fingerprint density at radius 3 is 1.67 bits per heavy atom. The second-order valence-electron chi connectivity index (χ2n) is 6.41. The second kappa shape index (κ2) is 8.16. The van der Waals surface area contributed by atoms with Crippen molar-refractivity contribution in [3.63, 3.8) is 0 Å². The highest BCUT2D eigenvalue weighted by atomic mass is 16.3. The van der Waals surface area contributed by atoms with Crippen LogP contribution in [-0.4, -0.2) is 17.4 Å². The highest BCUT2D eigenvalue weighted by Crippen LogP contribution is 2.26. The third-order valence-corrected chi connectivity index (χ3v) is 4.86. The lowest BCUT2D eigenvalue weighted by Gasteiger charge is -2.28. The van der Waals surface area contributed by atoms with Crippen LogP contribution in [0.25, 0.3) is 0 Å². The summed E-state index contributed by atoms with van der Waals surface area (Å²) < 4.78 is 0. The standard InChI is InChI=1S/C16H31NO/c18-16(14-10-6-4-5-7-11-14)17-15-12-8-2-1-3-9-13-15/h14-18H,1-13H2. The van der Waals surface area contributed by atoms with E-state index in [0.29, 0.717) is 12.0 Å². The zero-order valence-electron chi connectivity index (χ0n) is 11.9. The maximum Gasteiger partial charge on any atom is 0.107 e. The normalized spacial score (nSPS) is 27.2. The largest absolute Gasteiger partial charge is 0.378 e. The molecule has 2 N–H and O–H groups in total. The number of rotatable bonds is 3. The maximum atomic E-state index is 10.4. The molecular formula is C16H31NO. The van der Waals surface area contributed by atoms with Crippen molar-refractivity contribution in [2.24, 2.45) is 5.92 Å². The molecule has 0 saturated heterocycles. The minimum absolute atomic E-state index is 0.243. The van der Waals surface area contributed by atoms with Crippen LogP contribution in [0.5, 0.6) is 0 Å². The van der Waals surface area contributed by atoms with E-state index in [9.17, 15) is 5.11 Å². The van der Waals surface area contributed by atoms with Crippen LogP contribution >= 0.6 is 0 Å². The molecule has 1 atom stereocenters. The van der Waals surface area contributed by atoms with Gasteiger partial charge in [0.1, 0.15) is 6.23 Å². The van der Waals surface area contributed by atoms with Gasteiger partial charge in [0.25, 0.3) is 0 Å². The summed E-state index contributed by atoms with van der Waals surface area (Å²) in [4.78, 5) is 0. The van der Waals surface area contributed by atoms with Crippen molar-refractivity contribution in [3.05, 3.63) is 0 Å². The van der Waals surface area contributed by atoms with Gasteiger partial charge in [0, 0.05) is 6.04 Å². The summed E-state index contributed by atoms with van der Waals surface area (Å²) in [6, 6.07) is 0.573. The number of hydrogen-bond acceptors (Lipinski definition) is 2. The molecule has 2 heteroatoms. The Morgan fingerprint density at radius 1 is 0.667 bits per heavy atom. The quantitative estimate of drug-likeness (QED) is 0.589. The average Bonchev–Trinajstić information content (AvgIpc) is 2.61. The summed E-state index contributed by atoms with van der Waals surface area (Å²) in [5.74, 6) is 0.512. The van der Waals surface area contributed by atoms with Crippen LogP contribution in [0.3, 0.4) is 0 Å². The van der Waals surface area contributed by atoms with Crippen LogP contribution in [0, 0.1) is 5.92 Å². The summed E-state index contributed by atoms with van der Waals surface area (Å²) in [6.45, 7) is 0. The summed E-state index contributed by atoms with van der Waals surface area (Å²) in [7, 11) is 0. The molecule has 0 amide bonds. The van der Waals surface area contributed by atoms with Crippen LogP contribution in [0.1, 0.15) is 83.5 Å². The smallest absolute Gasteiger partial charge is 0.107 e. The number of aliphatic hydroxyl groups is 1. The third kappa shape index (κ3) is 4.89. The molecule has 2 aliphatic carbocycles. The Hall–Kier alpha value is -0.0800. The molecule has 2 rings (SSSR count). The summed E-state index contributed by atoms with van der Waals surface area (Å²) in [5.41, 5.74) is 0. The van der Waals surface area contributed by atoms with Gasteiger partial charge in [-0.25, -0.2) is 0 Å². The molecule has 0 bridgehead atoms. The molecule has 0 heterocycles. The molecule has 0 aromatic heterocycles. The highest BCUT2D eigenvalue weighted by Gasteiger charge is 2.23. The van der Waals surface area contributed by atoms with E-state index in [-0.39, 0.29) is 6.23 Å². The summed E-state index contributed by atoms with van der Waals surface area (Å²) in [6.07, 6.45) is 17.0. The van der Waals surface area contributed by atoms with Gasteiger partial charge in [-0.15, -0.1) is 0 Å². The molecule has 18 heavy (non-hydrogen) atoms. The van der Waals surface area contributed by atoms with Gasteiger partial charge >= 0.3 is 0 Å². The van der Waals surface area contributed by atoms with E-state index >= 15 is 0 Å². The second-order valence-corrected chi connectivity index (χ2v) is 6.41. The van der Waals surface area contributed by atoms with E-state index in [1.54, 1.807) is 0 Å². The molecule has 0 radical (unpaired) electrons. The average molecular weight is 253 g/mol. The molecule has 2 nitrogen and oxygen atoms in total. The topological polar surface area (TPSA) is 32.3 Å². The predicted molar refractivity (Wildman–Crippen MR) is 76.4 cm³/mol. The van der Waals surface area contributed by atoms with Crippen LogP contribution in [0.2, 0.25) is 0 Å². The van der Waals surface area contributed by atoms with Crippen molar-refractivity contribution < 1.29 is 5.11 Å². The van der Waals surface area contributed by atoms with Gasteiger partial charge in [-0.3, -0.25) is 5.32 Å². The lowest BCUT2D eigenvalue weighted by atomic mass is 9.94. The van der Waals surface area contributed by atoms with Gasteiger partial charge in [0.05, 0.1) is 0 Å². The van der Waals surface area contributed by atoms with Gasteiger partial charge in [0.15, 0.2) is 0 Å². The molecule has 2 aliphatic rings. The van der Waals surface area contributed by atoms with Gasteiger partial charge < -0.3 is 5.11 Å². The van der Waals surface area contributed by atoms with Gasteiger partial charge in [-0.1, -0.05) is 57.8 Å². The zero-order valence-corrected chi connectivity index (χ0v) is 11.9. The van der Waals surface area contributed by atoms with Crippen molar-refractivity contribution in [3.8, 4) is 0 Å². The van der Waals surface area contributed by atoms with Crippen LogP contribution in [0.15, 0.2) is 0 Å². The zero-order chi connectivity index (χ0) is 12.6. The van der Waals surface area contributed by atoms with E-state index in [0.717, 1.165) is 0 Å². The predicted octanol–water partition coefficient (Wildman–Crippen LogP) is 3.98. The lowest BCUT2D eigenvalue weighted by molar-refractivity contribution is 0.0514. The fourth-order valence-electron chi connectivity index (χ4n) is 3.63. The Bertz CT molecular complexity index is 203. The monoisotopic (exact) mass is 253 g/mol. The van der Waals surface area contributed by atoms with E-state index in [2.05, 4.69) is 5.32 Å².